The molecule has 3 nitrogen and oxygen atoms in total. The monoisotopic (exact) mass is 156 g/mol. The lowest BCUT2D eigenvalue weighted by Crippen LogP contribution is -2.24. The zero-order valence-electron chi connectivity index (χ0n) is 7.08. The second-order valence-electron chi connectivity index (χ2n) is 2.95. The number of hydrogen-bond donors (Lipinski definition) is 1. The molecule has 0 bridgehead atoms. The Hall–Kier alpha value is -0.570. The smallest absolute Gasteiger partial charge is 0.0584 e. The van der Waals surface area contributed by atoms with Crippen LogP contribution in [-0.4, -0.2) is 35.5 Å². The summed E-state index contributed by atoms with van der Waals surface area (Å²) in [5, 5.41) is 11.8. The van der Waals surface area contributed by atoms with Crippen molar-refractivity contribution >= 4 is 5.71 Å². The SMILES string of the molecule is CCN1CCC/C(=N\O)CC1. The number of hydrogen-bond acceptors (Lipinski definition) is 3. The summed E-state index contributed by atoms with van der Waals surface area (Å²) < 4.78 is 0. The minimum Gasteiger partial charge on any atom is -0.411 e. The van der Waals surface area contributed by atoms with Gasteiger partial charge in [0.2, 0.25) is 0 Å². The first kappa shape index (κ1) is 8.53. The van der Waals surface area contributed by atoms with Crippen LogP contribution in [0.15, 0.2) is 5.16 Å². The van der Waals surface area contributed by atoms with Gasteiger partial charge in [-0.25, -0.2) is 0 Å². The van der Waals surface area contributed by atoms with Crippen molar-refractivity contribution in [3.63, 3.8) is 0 Å². The molecule has 1 aliphatic heterocycles. The minimum absolute atomic E-state index is 0.935. The van der Waals surface area contributed by atoms with E-state index in [2.05, 4.69) is 17.0 Å². The predicted octanol–water partition coefficient (Wildman–Crippen LogP) is 1.32. The second-order valence-corrected chi connectivity index (χ2v) is 2.95. The summed E-state index contributed by atoms with van der Waals surface area (Å²) in [6, 6.07) is 0. The largest absolute Gasteiger partial charge is 0.411 e. The van der Waals surface area contributed by atoms with E-state index in [1.807, 2.05) is 0 Å². The molecule has 0 aliphatic carbocycles. The van der Waals surface area contributed by atoms with Crippen LogP contribution in [0.1, 0.15) is 26.2 Å². The highest BCUT2D eigenvalue weighted by molar-refractivity contribution is 5.84. The second kappa shape index (κ2) is 4.34. The quantitative estimate of drug-likeness (QED) is 0.459. The maximum absolute atomic E-state index is 8.54. The Morgan fingerprint density at radius 1 is 1.45 bits per heavy atom. The van der Waals surface area contributed by atoms with E-state index in [-0.39, 0.29) is 0 Å². The third kappa shape index (κ3) is 2.50. The normalized spacial score (nSPS) is 25.4. The van der Waals surface area contributed by atoms with Crippen molar-refractivity contribution in [3.05, 3.63) is 0 Å². The summed E-state index contributed by atoms with van der Waals surface area (Å²) in [4.78, 5) is 2.39. The van der Waals surface area contributed by atoms with Gasteiger partial charge < -0.3 is 10.1 Å². The Kier molecular flexibility index (Phi) is 3.36. The molecule has 0 aromatic rings. The van der Waals surface area contributed by atoms with Gasteiger partial charge in [0.15, 0.2) is 0 Å². The molecule has 1 aliphatic rings. The van der Waals surface area contributed by atoms with Gasteiger partial charge in [-0.1, -0.05) is 12.1 Å². The molecular weight excluding hydrogens is 140 g/mol. The minimum atomic E-state index is 0.935. The summed E-state index contributed by atoms with van der Waals surface area (Å²) in [6.07, 6.45) is 3.03. The standard InChI is InChI=1S/C8H16N2O/c1-2-10-6-3-4-8(9-11)5-7-10/h11H,2-7H2,1H3/b9-8+. The van der Waals surface area contributed by atoms with Gasteiger partial charge in [-0.2, -0.15) is 0 Å². The molecule has 0 spiro atoms. The predicted molar refractivity (Wildman–Crippen MR) is 45.2 cm³/mol. The maximum atomic E-state index is 8.54. The zero-order chi connectivity index (χ0) is 8.10. The highest BCUT2D eigenvalue weighted by Gasteiger charge is 2.10. The lowest BCUT2D eigenvalue weighted by molar-refractivity contribution is 0.301. The Labute approximate surface area is 67.7 Å². The highest BCUT2D eigenvalue weighted by atomic mass is 16.4. The van der Waals surface area contributed by atoms with Crippen LogP contribution in [0.3, 0.4) is 0 Å². The first-order chi connectivity index (χ1) is 5.36. The summed E-state index contributed by atoms with van der Waals surface area (Å²) in [6.45, 7) is 5.48. The number of rotatable bonds is 1. The summed E-state index contributed by atoms with van der Waals surface area (Å²) >= 11 is 0. The fourth-order valence-electron chi connectivity index (χ4n) is 1.45. The van der Waals surface area contributed by atoms with Crippen LogP contribution in [0, 0.1) is 0 Å². The molecule has 0 amide bonds. The van der Waals surface area contributed by atoms with Crippen LogP contribution in [-0.2, 0) is 0 Å². The van der Waals surface area contributed by atoms with E-state index < -0.39 is 0 Å². The topological polar surface area (TPSA) is 35.8 Å². The first-order valence-corrected chi connectivity index (χ1v) is 4.29. The van der Waals surface area contributed by atoms with Crippen LogP contribution in [0.4, 0.5) is 0 Å². The molecule has 0 radical (unpaired) electrons. The van der Waals surface area contributed by atoms with Crippen molar-refractivity contribution in [3.8, 4) is 0 Å². The molecule has 1 rings (SSSR count). The van der Waals surface area contributed by atoms with Gasteiger partial charge in [-0.15, -0.1) is 0 Å². The summed E-state index contributed by atoms with van der Waals surface area (Å²) in [7, 11) is 0. The van der Waals surface area contributed by atoms with Gasteiger partial charge >= 0.3 is 0 Å². The van der Waals surface area contributed by atoms with Crippen molar-refractivity contribution in [1.29, 1.82) is 0 Å². The molecule has 1 saturated heterocycles. The van der Waals surface area contributed by atoms with E-state index in [9.17, 15) is 0 Å². The van der Waals surface area contributed by atoms with E-state index in [1.54, 1.807) is 0 Å². The highest BCUT2D eigenvalue weighted by Crippen LogP contribution is 2.07. The first-order valence-electron chi connectivity index (χ1n) is 4.29. The van der Waals surface area contributed by atoms with E-state index >= 15 is 0 Å². The Bertz CT molecular complexity index is 145. The van der Waals surface area contributed by atoms with E-state index in [4.69, 9.17) is 5.21 Å². The Morgan fingerprint density at radius 2 is 2.27 bits per heavy atom. The molecule has 0 aromatic carbocycles. The fraction of sp³-hybridized carbons (Fsp3) is 0.875. The van der Waals surface area contributed by atoms with Gasteiger partial charge in [-0.05, 0) is 25.9 Å². The average molecular weight is 156 g/mol. The van der Waals surface area contributed by atoms with E-state index in [1.165, 1.54) is 0 Å². The molecule has 1 N–H and O–H groups in total. The van der Waals surface area contributed by atoms with Crippen LogP contribution in [0.5, 0.6) is 0 Å². The molecule has 0 unspecified atom stereocenters. The number of oxime groups is 1. The lowest BCUT2D eigenvalue weighted by atomic mass is 10.2. The Morgan fingerprint density at radius 3 is 2.91 bits per heavy atom. The third-order valence-corrected chi connectivity index (χ3v) is 2.24. The Balaban J connectivity index is 2.39. The van der Waals surface area contributed by atoms with Crippen LogP contribution in [0.2, 0.25) is 0 Å². The van der Waals surface area contributed by atoms with Gasteiger partial charge in [0.25, 0.3) is 0 Å². The van der Waals surface area contributed by atoms with Crippen LogP contribution in [0.25, 0.3) is 0 Å². The molecular formula is C8H16N2O. The van der Waals surface area contributed by atoms with Crippen molar-refractivity contribution in [1.82, 2.24) is 4.90 Å². The van der Waals surface area contributed by atoms with E-state index in [0.29, 0.717) is 0 Å². The van der Waals surface area contributed by atoms with Crippen molar-refractivity contribution in [2.24, 2.45) is 5.16 Å². The molecule has 11 heavy (non-hydrogen) atoms. The summed E-state index contributed by atoms with van der Waals surface area (Å²) in [5.74, 6) is 0. The van der Waals surface area contributed by atoms with Gasteiger partial charge in [0.05, 0.1) is 5.71 Å². The van der Waals surface area contributed by atoms with Crippen LogP contribution < -0.4 is 0 Å². The average Bonchev–Trinajstić information content (AvgIpc) is 2.28. The van der Waals surface area contributed by atoms with Crippen molar-refractivity contribution in [2.45, 2.75) is 26.2 Å². The molecule has 1 heterocycles. The summed E-state index contributed by atoms with van der Waals surface area (Å²) in [5.41, 5.74) is 0.959. The van der Waals surface area contributed by atoms with Gasteiger partial charge in [-0.3, -0.25) is 0 Å². The van der Waals surface area contributed by atoms with Crippen LogP contribution >= 0.6 is 0 Å². The van der Waals surface area contributed by atoms with Crippen molar-refractivity contribution in [2.75, 3.05) is 19.6 Å². The molecule has 1 fully saturated rings. The molecule has 3 heteroatoms. The molecule has 0 atom stereocenters. The lowest BCUT2D eigenvalue weighted by Gasteiger charge is -2.15. The molecule has 0 saturated carbocycles. The maximum Gasteiger partial charge on any atom is 0.0584 e. The van der Waals surface area contributed by atoms with Gasteiger partial charge in [0, 0.05) is 13.0 Å². The molecule has 0 aromatic heterocycles. The number of nitrogens with zero attached hydrogens (tertiary/aromatic N) is 2. The molecule has 64 valence electrons. The van der Waals surface area contributed by atoms with Gasteiger partial charge in [0.1, 0.15) is 0 Å². The third-order valence-electron chi connectivity index (χ3n) is 2.24. The van der Waals surface area contributed by atoms with Crippen molar-refractivity contribution < 1.29 is 5.21 Å². The number of likely N-dealkylation sites (tertiary alicyclic amines) is 1. The zero-order valence-corrected chi connectivity index (χ0v) is 7.08. The van der Waals surface area contributed by atoms with E-state index in [0.717, 1.165) is 44.6 Å². The fourth-order valence-corrected chi connectivity index (χ4v) is 1.45.